The van der Waals surface area contributed by atoms with Crippen LogP contribution in [0, 0.1) is 10.1 Å². The van der Waals surface area contributed by atoms with Crippen LogP contribution in [0.2, 0.25) is 0 Å². The van der Waals surface area contributed by atoms with Crippen molar-refractivity contribution in [2.45, 2.75) is 49.1 Å². The highest BCUT2D eigenvalue weighted by atomic mass is 32.2. The molecule has 0 bridgehead atoms. The normalized spacial score (nSPS) is 23.4. The summed E-state index contributed by atoms with van der Waals surface area (Å²) in [7, 11) is -3.88. The quantitative estimate of drug-likeness (QED) is 0.653. The Balaban J connectivity index is 1.71. The van der Waals surface area contributed by atoms with Crippen LogP contribution in [0.4, 0.5) is 5.69 Å². The number of nitro groups is 1. The van der Waals surface area contributed by atoms with Gasteiger partial charge in [0.1, 0.15) is 0 Å². The number of hydrogen-bond acceptors (Lipinski definition) is 5. The average molecular weight is 339 g/mol. The highest BCUT2D eigenvalue weighted by Gasteiger charge is 2.34. The number of nitro benzene ring substituents is 1. The van der Waals surface area contributed by atoms with E-state index in [-0.39, 0.29) is 16.6 Å². The number of likely N-dealkylation sites (tertiary alicyclic amines) is 1. The van der Waals surface area contributed by atoms with Crippen LogP contribution in [0.5, 0.6) is 0 Å². The minimum atomic E-state index is -3.88. The lowest BCUT2D eigenvalue weighted by molar-refractivity contribution is -0.387. The average Bonchev–Trinajstić information content (AvgIpc) is 3.17. The minimum Gasteiger partial charge on any atom is -0.299 e. The number of nitrogens with one attached hydrogen (secondary N) is 1. The van der Waals surface area contributed by atoms with Crippen molar-refractivity contribution in [1.29, 1.82) is 0 Å². The first-order valence-electron chi connectivity index (χ1n) is 7.97. The number of hydrogen-bond donors (Lipinski definition) is 1. The predicted molar refractivity (Wildman–Crippen MR) is 85.7 cm³/mol. The van der Waals surface area contributed by atoms with E-state index in [0.717, 1.165) is 13.0 Å². The minimum absolute atomic E-state index is 0.180. The van der Waals surface area contributed by atoms with Crippen LogP contribution >= 0.6 is 0 Å². The molecule has 2 fully saturated rings. The molecule has 23 heavy (non-hydrogen) atoms. The third-order valence-electron chi connectivity index (χ3n) is 4.73. The molecule has 0 aromatic heterocycles. The Hall–Kier alpha value is -1.51. The molecule has 8 heteroatoms. The van der Waals surface area contributed by atoms with Gasteiger partial charge in [0.25, 0.3) is 5.69 Å². The second kappa shape index (κ2) is 6.54. The molecule has 1 unspecified atom stereocenters. The first-order chi connectivity index (χ1) is 11.0. The lowest BCUT2D eigenvalue weighted by Crippen LogP contribution is -2.39. The van der Waals surface area contributed by atoms with Crippen LogP contribution in [0.25, 0.3) is 0 Å². The maximum Gasteiger partial charge on any atom is 0.289 e. The van der Waals surface area contributed by atoms with Gasteiger partial charge in [-0.25, -0.2) is 13.1 Å². The van der Waals surface area contributed by atoms with Crippen molar-refractivity contribution in [2.75, 3.05) is 13.1 Å². The van der Waals surface area contributed by atoms with Crippen molar-refractivity contribution in [3.8, 4) is 0 Å². The van der Waals surface area contributed by atoms with Crippen molar-refractivity contribution in [3.05, 3.63) is 34.4 Å². The molecule has 0 amide bonds. The molecular formula is C15H21N3O4S. The van der Waals surface area contributed by atoms with Crippen LogP contribution in [0.1, 0.15) is 32.1 Å². The Morgan fingerprint density at radius 3 is 2.57 bits per heavy atom. The Bertz CT molecular complexity index is 686. The van der Waals surface area contributed by atoms with E-state index in [0.29, 0.717) is 12.6 Å². The standard InChI is InChI=1S/C15H21N3O4S/c19-18(20)14-7-3-4-8-15(14)23(21,22)16-12-9-10-17(11-12)13-5-1-2-6-13/h3-4,7-8,12-13,16H,1-2,5-6,9-11H2. The molecule has 1 aliphatic carbocycles. The topological polar surface area (TPSA) is 92.5 Å². The Morgan fingerprint density at radius 2 is 1.87 bits per heavy atom. The maximum absolute atomic E-state index is 12.5. The Kier molecular flexibility index (Phi) is 4.65. The van der Waals surface area contributed by atoms with Gasteiger partial charge in [-0.2, -0.15) is 0 Å². The summed E-state index contributed by atoms with van der Waals surface area (Å²) in [6.07, 6.45) is 5.60. The molecular weight excluding hydrogens is 318 g/mol. The van der Waals surface area contributed by atoms with Crippen LogP contribution in [-0.2, 0) is 10.0 Å². The maximum atomic E-state index is 12.5. The third kappa shape index (κ3) is 3.54. The molecule has 7 nitrogen and oxygen atoms in total. The second-order valence-electron chi connectivity index (χ2n) is 6.26. The van der Waals surface area contributed by atoms with E-state index in [1.54, 1.807) is 0 Å². The van der Waals surface area contributed by atoms with E-state index in [1.165, 1.54) is 49.9 Å². The molecule has 1 aromatic carbocycles. The van der Waals surface area contributed by atoms with E-state index in [2.05, 4.69) is 9.62 Å². The SMILES string of the molecule is O=[N+]([O-])c1ccccc1S(=O)(=O)NC1CCN(C2CCCC2)C1. The number of sulfonamides is 1. The molecule has 0 radical (unpaired) electrons. The monoisotopic (exact) mass is 339 g/mol. The fourth-order valence-corrected chi connectivity index (χ4v) is 5.04. The highest BCUT2D eigenvalue weighted by molar-refractivity contribution is 7.89. The molecule has 1 aliphatic heterocycles. The van der Waals surface area contributed by atoms with Crippen molar-refractivity contribution in [3.63, 3.8) is 0 Å². The lowest BCUT2D eigenvalue weighted by Gasteiger charge is -2.23. The zero-order valence-corrected chi connectivity index (χ0v) is 13.7. The number of benzene rings is 1. The van der Waals surface area contributed by atoms with E-state index >= 15 is 0 Å². The molecule has 1 aromatic rings. The van der Waals surface area contributed by atoms with Gasteiger partial charge in [-0.3, -0.25) is 15.0 Å². The molecule has 0 spiro atoms. The first-order valence-corrected chi connectivity index (χ1v) is 9.45. The number of para-hydroxylation sites is 1. The van der Waals surface area contributed by atoms with Crippen LogP contribution in [0.15, 0.2) is 29.2 Å². The molecule has 1 atom stereocenters. The smallest absolute Gasteiger partial charge is 0.289 e. The Labute approximate surface area is 135 Å². The highest BCUT2D eigenvalue weighted by Crippen LogP contribution is 2.28. The number of nitrogens with zero attached hydrogens (tertiary/aromatic N) is 2. The zero-order valence-electron chi connectivity index (χ0n) is 12.8. The van der Waals surface area contributed by atoms with Crippen molar-refractivity contribution >= 4 is 15.7 Å². The van der Waals surface area contributed by atoms with Gasteiger partial charge in [0.05, 0.1) is 4.92 Å². The molecule has 1 saturated carbocycles. The summed E-state index contributed by atoms with van der Waals surface area (Å²) >= 11 is 0. The van der Waals surface area contributed by atoms with Gasteiger partial charge >= 0.3 is 0 Å². The van der Waals surface area contributed by atoms with Gasteiger partial charge in [0.2, 0.25) is 10.0 Å². The molecule has 1 saturated heterocycles. The first kappa shape index (κ1) is 16.4. The summed E-state index contributed by atoms with van der Waals surface area (Å²) in [6.45, 7) is 1.57. The molecule has 3 rings (SSSR count). The summed E-state index contributed by atoms with van der Waals surface area (Å²) in [4.78, 5) is 12.5. The van der Waals surface area contributed by atoms with Crippen molar-refractivity contribution in [1.82, 2.24) is 9.62 Å². The third-order valence-corrected chi connectivity index (χ3v) is 6.30. The Morgan fingerprint density at radius 1 is 1.17 bits per heavy atom. The van der Waals surface area contributed by atoms with Gasteiger partial charge in [-0.1, -0.05) is 25.0 Å². The molecule has 1 N–H and O–H groups in total. The predicted octanol–water partition coefficient (Wildman–Crippen LogP) is 1.89. The van der Waals surface area contributed by atoms with Gasteiger partial charge in [0, 0.05) is 31.2 Å². The fourth-order valence-electron chi connectivity index (χ4n) is 3.60. The van der Waals surface area contributed by atoms with Gasteiger partial charge in [-0.05, 0) is 25.3 Å². The van der Waals surface area contributed by atoms with Crippen LogP contribution in [0.3, 0.4) is 0 Å². The largest absolute Gasteiger partial charge is 0.299 e. The van der Waals surface area contributed by atoms with Gasteiger partial charge in [-0.15, -0.1) is 0 Å². The summed E-state index contributed by atoms with van der Waals surface area (Å²) in [5.41, 5.74) is -0.384. The second-order valence-corrected chi connectivity index (χ2v) is 7.95. The zero-order chi connectivity index (χ0) is 16.4. The summed E-state index contributed by atoms with van der Waals surface area (Å²) in [5, 5.41) is 11.0. The molecule has 1 heterocycles. The van der Waals surface area contributed by atoms with Crippen LogP contribution < -0.4 is 4.72 Å². The van der Waals surface area contributed by atoms with Gasteiger partial charge in [0.15, 0.2) is 4.90 Å². The summed E-state index contributed by atoms with van der Waals surface area (Å²) < 4.78 is 27.7. The van der Waals surface area contributed by atoms with Gasteiger partial charge < -0.3 is 0 Å². The van der Waals surface area contributed by atoms with Crippen molar-refractivity contribution < 1.29 is 13.3 Å². The molecule has 2 aliphatic rings. The van der Waals surface area contributed by atoms with E-state index in [1.807, 2.05) is 0 Å². The van der Waals surface area contributed by atoms with Crippen LogP contribution in [-0.4, -0.2) is 43.4 Å². The van der Waals surface area contributed by atoms with E-state index in [4.69, 9.17) is 0 Å². The number of rotatable bonds is 5. The van der Waals surface area contributed by atoms with Crippen molar-refractivity contribution in [2.24, 2.45) is 0 Å². The van der Waals surface area contributed by atoms with E-state index in [9.17, 15) is 18.5 Å². The summed E-state index contributed by atoms with van der Waals surface area (Å²) in [6, 6.07) is 5.85. The molecule has 126 valence electrons. The van der Waals surface area contributed by atoms with E-state index < -0.39 is 14.9 Å². The summed E-state index contributed by atoms with van der Waals surface area (Å²) in [5.74, 6) is 0. The lowest BCUT2D eigenvalue weighted by atomic mass is 10.2. The fraction of sp³-hybridized carbons (Fsp3) is 0.600.